The van der Waals surface area contributed by atoms with Crippen molar-refractivity contribution in [1.82, 2.24) is 9.97 Å². The molecule has 0 saturated heterocycles. The third-order valence-electron chi connectivity index (χ3n) is 3.05. The molecule has 2 aromatic rings. The normalized spacial score (nSPS) is 10.4. The molecular formula is C15H19BrN4. The van der Waals surface area contributed by atoms with E-state index in [9.17, 15) is 0 Å². The first kappa shape index (κ1) is 14.8. The highest BCUT2D eigenvalue weighted by molar-refractivity contribution is 9.10. The van der Waals surface area contributed by atoms with E-state index in [-0.39, 0.29) is 0 Å². The topological polar surface area (TPSA) is 49.8 Å². The van der Waals surface area contributed by atoms with Crippen LogP contribution in [0, 0.1) is 13.8 Å². The van der Waals surface area contributed by atoms with Crippen molar-refractivity contribution in [2.24, 2.45) is 0 Å². The first-order valence-corrected chi connectivity index (χ1v) is 7.50. The summed E-state index contributed by atoms with van der Waals surface area (Å²) in [6.07, 6.45) is 2.80. The molecule has 4 nitrogen and oxygen atoms in total. The van der Waals surface area contributed by atoms with E-state index < -0.39 is 0 Å². The van der Waals surface area contributed by atoms with Gasteiger partial charge in [0.15, 0.2) is 0 Å². The average Bonchev–Trinajstić information content (AvgIpc) is 2.44. The second-order valence-electron chi connectivity index (χ2n) is 4.74. The fraction of sp³-hybridized carbons (Fsp3) is 0.333. The maximum atomic E-state index is 4.48. The fourth-order valence-electron chi connectivity index (χ4n) is 1.73. The zero-order chi connectivity index (χ0) is 14.5. The van der Waals surface area contributed by atoms with Crippen LogP contribution in [0.5, 0.6) is 0 Å². The molecule has 1 aromatic carbocycles. The molecule has 2 N–H and O–H groups in total. The highest BCUT2D eigenvalue weighted by atomic mass is 79.9. The van der Waals surface area contributed by atoms with E-state index in [1.54, 1.807) is 6.20 Å². The lowest BCUT2D eigenvalue weighted by molar-refractivity contribution is 0.952. The second-order valence-corrected chi connectivity index (χ2v) is 5.60. The van der Waals surface area contributed by atoms with Crippen molar-refractivity contribution in [1.29, 1.82) is 0 Å². The van der Waals surface area contributed by atoms with E-state index in [1.807, 2.05) is 0 Å². The van der Waals surface area contributed by atoms with Crippen LogP contribution in [0.15, 0.2) is 28.9 Å². The number of nitrogens with one attached hydrogen (secondary N) is 2. The molecular weight excluding hydrogens is 316 g/mol. The molecule has 1 aromatic heterocycles. The Labute approximate surface area is 128 Å². The van der Waals surface area contributed by atoms with Crippen LogP contribution >= 0.6 is 15.9 Å². The minimum absolute atomic E-state index is 0.640. The summed E-state index contributed by atoms with van der Waals surface area (Å²) in [4.78, 5) is 8.72. The summed E-state index contributed by atoms with van der Waals surface area (Å²) >= 11 is 3.47. The molecule has 1 heterocycles. The second kappa shape index (κ2) is 6.70. The van der Waals surface area contributed by atoms with Crippen molar-refractivity contribution < 1.29 is 0 Å². The zero-order valence-corrected chi connectivity index (χ0v) is 13.6. The number of halogens is 1. The average molecular weight is 335 g/mol. The maximum absolute atomic E-state index is 4.48. The van der Waals surface area contributed by atoms with Gasteiger partial charge in [0, 0.05) is 18.4 Å². The summed E-state index contributed by atoms with van der Waals surface area (Å²) in [7, 11) is 0. The van der Waals surface area contributed by atoms with Gasteiger partial charge < -0.3 is 10.6 Å². The Bertz CT molecular complexity index is 598. The van der Waals surface area contributed by atoms with Gasteiger partial charge in [0.25, 0.3) is 0 Å². The van der Waals surface area contributed by atoms with Crippen LogP contribution in [0.1, 0.15) is 24.5 Å². The lowest BCUT2D eigenvalue weighted by Gasteiger charge is -2.11. The summed E-state index contributed by atoms with van der Waals surface area (Å²) in [5.41, 5.74) is 3.56. The Balaban J connectivity index is 2.20. The Kier molecular flexibility index (Phi) is 4.95. The number of aromatic nitrogens is 2. The van der Waals surface area contributed by atoms with Crippen molar-refractivity contribution >= 4 is 33.4 Å². The molecule has 0 amide bonds. The molecule has 20 heavy (non-hydrogen) atoms. The van der Waals surface area contributed by atoms with Gasteiger partial charge in [-0.15, -0.1) is 0 Å². The summed E-state index contributed by atoms with van der Waals surface area (Å²) in [5, 5.41) is 6.50. The SMILES string of the molecule is CCCNc1ncc(Br)c(Nc2ccc(C)c(C)c2)n1. The molecule has 0 unspecified atom stereocenters. The third-order valence-corrected chi connectivity index (χ3v) is 3.63. The van der Waals surface area contributed by atoms with E-state index in [0.29, 0.717) is 5.95 Å². The first-order valence-electron chi connectivity index (χ1n) is 6.71. The van der Waals surface area contributed by atoms with Gasteiger partial charge in [-0.2, -0.15) is 4.98 Å². The van der Waals surface area contributed by atoms with Crippen molar-refractivity contribution in [2.75, 3.05) is 17.2 Å². The summed E-state index contributed by atoms with van der Waals surface area (Å²) in [6, 6.07) is 6.27. The lowest BCUT2D eigenvalue weighted by Crippen LogP contribution is -2.06. The van der Waals surface area contributed by atoms with Crippen molar-refractivity contribution in [3.63, 3.8) is 0 Å². The van der Waals surface area contributed by atoms with Crippen LogP contribution in [0.25, 0.3) is 0 Å². The smallest absolute Gasteiger partial charge is 0.224 e. The molecule has 0 spiro atoms. The van der Waals surface area contributed by atoms with Gasteiger partial charge in [-0.05, 0) is 59.5 Å². The molecule has 0 radical (unpaired) electrons. The number of benzene rings is 1. The largest absolute Gasteiger partial charge is 0.354 e. The fourth-order valence-corrected chi connectivity index (χ4v) is 2.02. The van der Waals surface area contributed by atoms with Crippen LogP contribution in [0.2, 0.25) is 0 Å². The molecule has 5 heteroatoms. The van der Waals surface area contributed by atoms with E-state index in [1.165, 1.54) is 11.1 Å². The molecule has 0 bridgehead atoms. The van der Waals surface area contributed by atoms with Crippen LogP contribution in [0.4, 0.5) is 17.5 Å². The molecule has 0 fully saturated rings. The zero-order valence-electron chi connectivity index (χ0n) is 12.0. The van der Waals surface area contributed by atoms with E-state index in [0.717, 1.165) is 28.9 Å². The number of anilines is 3. The standard InChI is InChI=1S/C15H19BrN4/c1-4-7-17-15-18-9-13(16)14(20-15)19-12-6-5-10(2)11(3)8-12/h5-6,8-9H,4,7H2,1-3H3,(H2,17,18,19,20). The number of rotatable bonds is 5. The van der Waals surface area contributed by atoms with E-state index in [2.05, 4.69) is 75.5 Å². The number of hydrogen-bond acceptors (Lipinski definition) is 4. The number of aryl methyl sites for hydroxylation is 2. The van der Waals surface area contributed by atoms with Crippen LogP contribution in [0.3, 0.4) is 0 Å². The highest BCUT2D eigenvalue weighted by Gasteiger charge is 2.06. The van der Waals surface area contributed by atoms with Gasteiger partial charge in [-0.3, -0.25) is 0 Å². The first-order chi connectivity index (χ1) is 9.60. The van der Waals surface area contributed by atoms with Gasteiger partial charge in [0.1, 0.15) is 5.82 Å². The Hall–Kier alpha value is -1.62. The molecule has 0 saturated carbocycles. The lowest BCUT2D eigenvalue weighted by atomic mass is 10.1. The van der Waals surface area contributed by atoms with Crippen molar-refractivity contribution in [2.45, 2.75) is 27.2 Å². The Morgan fingerprint density at radius 1 is 1.20 bits per heavy atom. The van der Waals surface area contributed by atoms with Gasteiger partial charge in [-0.25, -0.2) is 4.98 Å². The summed E-state index contributed by atoms with van der Waals surface area (Å²) < 4.78 is 0.845. The molecule has 0 aliphatic heterocycles. The highest BCUT2D eigenvalue weighted by Crippen LogP contribution is 2.25. The Morgan fingerprint density at radius 3 is 2.70 bits per heavy atom. The van der Waals surface area contributed by atoms with Crippen molar-refractivity contribution in [3.05, 3.63) is 40.0 Å². The molecule has 0 aliphatic carbocycles. The van der Waals surface area contributed by atoms with Crippen LogP contribution < -0.4 is 10.6 Å². The monoisotopic (exact) mass is 334 g/mol. The van der Waals surface area contributed by atoms with Gasteiger partial charge >= 0.3 is 0 Å². The summed E-state index contributed by atoms with van der Waals surface area (Å²) in [6.45, 7) is 7.18. The molecule has 2 rings (SSSR count). The third kappa shape index (κ3) is 3.70. The summed E-state index contributed by atoms with van der Waals surface area (Å²) in [5.74, 6) is 1.41. The molecule has 0 aliphatic rings. The van der Waals surface area contributed by atoms with Gasteiger partial charge in [0.2, 0.25) is 5.95 Å². The maximum Gasteiger partial charge on any atom is 0.224 e. The van der Waals surface area contributed by atoms with Crippen LogP contribution in [-0.2, 0) is 0 Å². The predicted molar refractivity (Wildman–Crippen MR) is 87.7 cm³/mol. The minimum atomic E-state index is 0.640. The number of nitrogens with zero attached hydrogens (tertiary/aromatic N) is 2. The van der Waals surface area contributed by atoms with Crippen LogP contribution in [-0.4, -0.2) is 16.5 Å². The van der Waals surface area contributed by atoms with Gasteiger partial charge in [-0.1, -0.05) is 13.0 Å². The van der Waals surface area contributed by atoms with E-state index in [4.69, 9.17) is 0 Å². The van der Waals surface area contributed by atoms with Gasteiger partial charge in [0.05, 0.1) is 4.47 Å². The molecule has 0 atom stereocenters. The molecule has 106 valence electrons. The van der Waals surface area contributed by atoms with E-state index >= 15 is 0 Å². The predicted octanol–water partition coefficient (Wildman–Crippen LogP) is 4.42. The van der Waals surface area contributed by atoms with Crippen molar-refractivity contribution in [3.8, 4) is 0 Å². The number of hydrogen-bond donors (Lipinski definition) is 2. The quantitative estimate of drug-likeness (QED) is 0.849. The Morgan fingerprint density at radius 2 is 2.00 bits per heavy atom. The minimum Gasteiger partial charge on any atom is -0.354 e.